The summed E-state index contributed by atoms with van der Waals surface area (Å²) >= 11 is 7.35. The number of hydrogen-bond donors (Lipinski definition) is 1. The molecule has 1 aromatic heterocycles. The van der Waals surface area contributed by atoms with Crippen LogP contribution in [0.5, 0.6) is 5.75 Å². The smallest absolute Gasteiger partial charge is 0.228 e. The molecule has 1 aliphatic rings. The summed E-state index contributed by atoms with van der Waals surface area (Å²) in [5, 5.41) is 3.46. The molecule has 0 radical (unpaired) electrons. The summed E-state index contributed by atoms with van der Waals surface area (Å²) in [6, 6.07) is 7.21. The first kappa shape index (κ1) is 17.2. The Morgan fingerprint density at radius 2 is 2.21 bits per heavy atom. The number of aromatic nitrogens is 1. The van der Waals surface area contributed by atoms with E-state index in [-0.39, 0.29) is 5.91 Å². The van der Waals surface area contributed by atoms with Gasteiger partial charge in [-0.1, -0.05) is 11.6 Å². The third-order valence-electron chi connectivity index (χ3n) is 4.08. The van der Waals surface area contributed by atoms with Crippen molar-refractivity contribution in [2.24, 2.45) is 11.7 Å². The number of carbonyl (C=O) groups is 1. The molecule has 0 spiro atoms. The molecule has 1 amide bonds. The molecule has 2 aromatic rings. The van der Waals surface area contributed by atoms with Gasteiger partial charge in [-0.25, -0.2) is 4.98 Å². The van der Waals surface area contributed by atoms with Crippen molar-refractivity contribution >= 4 is 28.8 Å². The van der Waals surface area contributed by atoms with Gasteiger partial charge in [-0.05, 0) is 43.1 Å². The number of carbonyl (C=O) groups excluding carboxylic acids is 1. The standard InChI is InChI=1S/C17H20ClN3O2S/c18-13-1-3-15(4-2-13)23-10-16-20-14(11-24-16)7-17(22)21-6-5-12(8-19)9-21/h1-4,11-12H,5-10,19H2. The lowest BCUT2D eigenvalue weighted by atomic mass is 10.1. The zero-order chi connectivity index (χ0) is 16.9. The van der Waals surface area contributed by atoms with E-state index in [1.54, 1.807) is 12.1 Å². The maximum Gasteiger partial charge on any atom is 0.228 e. The summed E-state index contributed by atoms with van der Waals surface area (Å²) in [6.45, 7) is 2.61. The molecule has 1 saturated heterocycles. The number of nitrogens with zero attached hydrogens (tertiary/aromatic N) is 2. The summed E-state index contributed by atoms with van der Waals surface area (Å²) < 4.78 is 5.67. The van der Waals surface area contributed by atoms with Crippen LogP contribution in [0.3, 0.4) is 0 Å². The van der Waals surface area contributed by atoms with Crippen LogP contribution in [-0.2, 0) is 17.8 Å². The first-order valence-electron chi connectivity index (χ1n) is 7.93. The number of ether oxygens (including phenoxy) is 1. The third kappa shape index (κ3) is 4.47. The number of halogens is 1. The summed E-state index contributed by atoms with van der Waals surface area (Å²) in [6.07, 6.45) is 1.34. The zero-order valence-corrected chi connectivity index (χ0v) is 14.9. The normalized spacial score (nSPS) is 17.2. The summed E-state index contributed by atoms with van der Waals surface area (Å²) in [5.74, 6) is 1.31. The highest BCUT2D eigenvalue weighted by Gasteiger charge is 2.25. The lowest BCUT2D eigenvalue weighted by Gasteiger charge is -2.15. The number of benzene rings is 1. The molecule has 3 rings (SSSR count). The Balaban J connectivity index is 1.50. The van der Waals surface area contributed by atoms with Crippen molar-refractivity contribution in [2.45, 2.75) is 19.4 Å². The van der Waals surface area contributed by atoms with Gasteiger partial charge < -0.3 is 15.4 Å². The molecule has 7 heteroatoms. The number of thiazole rings is 1. The fourth-order valence-electron chi connectivity index (χ4n) is 2.69. The predicted molar refractivity (Wildman–Crippen MR) is 95.3 cm³/mol. The number of rotatable bonds is 6. The summed E-state index contributed by atoms with van der Waals surface area (Å²) in [7, 11) is 0. The molecule has 0 saturated carbocycles. The van der Waals surface area contributed by atoms with E-state index in [2.05, 4.69) is 4.98 Å². The molecule has 0 bridgehead atoms. The molecular weight excluding hydrogens is 346 g/mol. The fraction of sp³-hybridized carbons (Fsp3) is 0.412. The van der Waals surface area contributed by atoms with Gasteiger partial charge in [0.05, 0.1) is 12.1 Å². The highest BCUT2D eigenvalue weighted by atomic mass is 35.5. The number of nitrogens with two attached hydrogens (primary N) is 1. The molecule has 0 aliphatic carbocycles. The number of hydrogen-bond acceptors (Lipinski definition) is 5. The minimum Gasteiger partial charge on any atom is -0.486 e. The lowest BCUT2D eigenvalue weighted by Crippen LogP contribution is -2.31. The fourth-order valence-corrected chi connectivity index (χ4v) is 3.52. The van der Waals surface area contributed by atoms with Gasteiger partial charge in [0.2, 0.25) is 5.91 Å². The average molecular weight is 366 g/mol. The first-order valence-corrected chi connectivity index (χ1v) is 9.19. The van der Waals surface area contributed by atoms with E-state index < -0.39 is 0 Å². The van der Waals surface area contributed by atoms with Crippen LogP contribution in [-0.4, -0.2) is 35.4 Å². The Bertz CT molecular complexity index is 689. The minimum atomic E-state index is 0.126. The van der Waals surface area contributed by atoms with E-state index in [0.717, 1.165) is 36.0 Å². The number of amides is 1. The highest BCUT2D eigenvalue weighted by Crippen LogP contribution is 2.20. The Labute approximate surface area is 150 Å². The first-order chi connectivity index (χ1) is 11.6. The van der Waals surface area contributed by atoms with Crippen molar-refractivity contribution in [3.05, 3.63) is 45.4 Å². The lowest BCUT2D eigenvalue weighted by molar-refractivity contribution is -0.129. The minimum absolute atomic E-state index is 0.126. The molecule has 1 aliphatic heterocycles. The van der Waals surface area contributed by atoms with E-state index in [9.17, 15) is 4.79 Å². The second-order valence-corrected chi connectivity index (χ2v) is 7.26. The van der Waals surface area contributed by atoms with Crippen LogP contribution >= 0.6 is 22.9 Å². The third-order valence-corrected chi connectivity index (χ3v) is 5.20. The zero-order valence-electron chi connectivity index (χ0n) is 13.3. The van der Waals surface area contributed by atoms with E-state index >= 15 is 0 Å². The van der Waals surface area contributed by atoms with Crippen LogP contribution < -0.4 is 10.5 Å². The molecule has 1 unspecified atom stereocenters. The van der Waals surface area contributed by atoms with Gasteiger partial charge >= 0.3 is 0 Å². The van der Waals surface area contributed by atoms with Crippen molar-refractivity contribution < 1.29 is 9.53 Å². The second kappa shape index (κ2) is 7.96. The largest absolute Gasteiger partial charge is 0.486 e. The van der Waals surface area contributed by atoms with Crippen molar-refractivity contribution in [3.8, 4) is 5.75 Å². The van der Waals surface area contributed by atoms with Crippen LogP contribution in [0.25, 0.3) is 0 Å². The molecule has 1 fully saturated rings. The number of likely N-dealkylation sites (tertiary alicyclic amines) is 1. The van der Waals surface area contributed by atoms with Crippen LogP contribution in [0.15, 0.2) is 29.6 Å². The van der Waals surface area contributed by atoms with Crippen molar-refractivity contribution in [1.29, 1.82) is 0 Å². The summed E-state index contributed by atoms with van der Waals surface area (Å²) in [4.78, 5) is 18.7. The highest BCUT2D eigenvalue weighted by molar-refractivity contribution is 7.09. The maximum atomic E-state index is 12.3. The van der Waals surface area contributed by atoms with Gasteiger partial charge in [-0.15, -0.1) is 11.3 Å². The van der Waals surface area contributed by atoms with E-state index in [1.807, 2.05) is 22.4 Å². The maximum absolute atomic E-state index is 12.3. The Hall–Kier alpha value is -1.63. The van der Waals surface area contributed by atoms with Gasteiger partial charge in [-0.3, -0.25) is 4.79 Å². The van der Waals surface area contributed by atoms with Gasteiger partial charge in [0.25, 0.3) is 0 Å². The monoisotopic (exact) mass is 365 g/mol. The van der Waals surface area contributed by atoms with Crippen LogP contribution in [0.2, 0.25) is 5.02 Å². The molecular formula is C17H20ClN3O2S. The Morgan fingerprint density at radius 1 is 1.42 bits per heavy atom. The van der Waals surface area contributed by atoms with Gasteiger partial charge in [0, 0.05) is 23.5 Å². The van der Waals surface area contributed by atoms with Crippen molar-refractivity contribution in [1.82, 2.24) is 9.88 Å². The summed E-state index contributed by atoms with van der Waals surface area (Å²) in [5.41, 5.74) is 6.47. The molecule has 5 nitrogen and oxygen atoms in total. The predicted octanol–water partition coefficient (Wildman–Crippen LogP) is 2.73. The molecule has 24 heavy (non-hydrogen) atoms. The van der Waals surface area contributed by atoms with Crippen LogP contribution in [0.4, 0.5) is 0 Å². The van der Waals surface area contributed by atoms with Gasteiger partial charge in [0.1, 0.15) is 17.4 Å². The van der Waals surface area contributed by atoms with E-state index in [1.165, 1.54) is 11.3 Å². The SMILES string of the molecule is NCC1CCN(C(=O)Cc2csc(COc3ccc(Cl)cc3)n2)C1. The Kier molecular flexibility index (Phi) is 5.71. The van der Waals surface area contributed by atoms with Crippen LogP contribution in [0.1, 0.15) is 17.1 Å². The van der Waals surface area contributed by atoms with Gasteiger partial charge in [-0.2, -0.15) is 0 Å². The molecule has 128 valence electrons. The van der Waals surface area contributed by atoms with Crippen molar-refractivity contribution in [3.63, 3.8) is 0 Å². The van der Waals surface area contributed by atoms with E-state index in [4.69, 9.17) is 22.1 Å². The van der Waals surface area contributed by atoms with Crippen LogP contribution in [0, 0.1) is 5.92 Å². The molecule has 1 atom stereocenters. The van der Waals surface area contributed by atoms with Gasteiger partial charge in [0.15, 0.2) is 0 Å². The van der Waals surface area contributed by atoms with E-state index in [0.29, 0.717) is 30.5 Å². The Morgan fingerprint density at radius 3 is 2.92 bits per heavy atom. The molecule has 2 heterocycles. The molecule has 2 N–H and O–H groups in total. The topological polar surface area (TPSA) is 68.5 Å². The second-order valence-electron chi connectivity index (χ2n) is 5.88. The quantitative estimate of drug-likeness (QED) is 0.854. The average Bonchev–Trinajstić information content (AvgIpc) is 3.23. The molecule has 1 aromatic carbocycles. The van der Waals surface area contributed by atoms with Crippen molar-refractivity contribution in [2.75, 3.05) is 19.6 Å².